The number of carbonyl (C=O) groups excluding carboxylic acids is 1. The Balaban J connectivity index is 2.49. The van der Waals surface area contributed by atoms with Crippen LogP contribution in [0.2, 0.25) is 5.02 Å². The fraction of sp³-hybridized carbons (Fsp3) is 0.364. The minimum atomic E-state index is -0.748. The lowest BCUT2D eigenvalue weighted by molar-refractivity contribution is 0.0684. The molecule has 0 unspecified atom stereocenters. The summed E-state index contributed by atoms with van der Waals surface area (Å²) in [7, 11) is 1.53. The van der Waals surface area contributed by atoms with E-state index in [9.17, 15) is 4.79 Å². The summed E-state index contributed by atoms with van der Waals surface area (Å²) in [4.78, 5) is 11.2. The van der Waals surface area contributed by atoms with Gasteiger partial charge in [-0.2, -0.15) is 0 Å². The van der Waals surface area contributed by atoms with Crippen LogP contribution in [0.3, 0.4) is 0 Å². The van der Waals surface area contributed by atoms with Crippen molar-refractivity contribution in [1.29, 1.82) is 0 Å². The topological polar surface area (TPSA) is 44.8 Å². The highest BCUT2D eigenvalue weighted by atomic mass is 35.5. The predicted molar refractivity (Wildman–Crippen MR) is 60.0 cm³/mol. The molecule has 0 atom stereocenters. The van der Waals surface area contributed by atoms with Crippen LogP contribution in [0.1, 0.15) is 5.56 Å². The Morgan fingerprint density at radius 1 is 1.38 bits per heavy atom. The van der Waals surface area contributed by atoms with Gasteiger partial charge < -0.3 is 14.2 Å². The van der Waals surface area contributed by atoms with Crippen LogP contribution in [-0.4, -0.2) is 26.5 Å². The Hall–Kier alpha value is -1.26. The molecule has 1 aromatic rings. The summed E-state index contributed by atoms with van der Waals surface area (Å²) in [5.74, 6) is 0.437. The lowest BCUT2D eigenvalue weighted by Crippen LogP contribution is -2.14. The minimum absolute atomic E-state index is 0.169. The van der Waals surface area contributed by atoms with Crippen LogP contribution in [0.5, 0.6) is 5.75 Å². The highest BCUT2D eigenvalue weighted by Crippen LogP contribution is 2.22. The van der Waals surface area contributed by atoms with Crippen molar-refractivity contribution in [3.8, 4) is 5.75 Å². The fourth-order valence-corrected chi connectivity index (χ4v) is 1.28. The molecule has 0 fully saturated rings. The van der Waals surface area contributed by atoms with Crippen molar-refractivity contribution >= 4 is 17.8 Å². The summed E-state index contributed by atoms with van der Waals surface area (Å²) < 4.78 is 14.5. The number of ether oxygens (including phenoxy) is 3. The average Bonchev–Trinajstić information content (AvgIpc) is 2.23. The molecule has 0 N–H and O–H groups in total. The summed E-state index contributed by atoms with van der Waals surface area (Å²) in [6.45, 7) is 2.31. The van der Waals surface area contributed by atoms with Gasteiger partial charge in [0.25, 0.3) is 0 Å². The second-order valence-electron chi connectivity index (χ2n) is 3.10. The van der Waals surface area contributed by atoms with Gasteiger partial charge in [0.2, 0.25) is 0 Å². The van der Waals surface area contributed by atoms with Gasteiger partial charge >= 0.3 is 6.16 Å². The van der Waals surface area contributed by atoms with Gasteiger partial charge in [-0.05, 0) is 30.7 Å². The van der Waals surface area contributed by atoms with Crippen molar-refractivity contribution in [1.82, 2.24) is 0 Å². The summed E-state index contributed by atoms with van der Waals surface area (Å²) in [6.07, 6.45) is -0.748. The molecule has 0 saturated heterocycles. The maximum absolute atomic E-state index is 11.2. The Bertz CT molecular complexity index is 365. The Morgan fingerprint density at radius 3 is 2.75 bits per heavy atom. The largest absolute Gasteiger partial charge is 0.513 e. The Labute approximate surface area is 99.1 Å². The van der Waals surface area contributed by atoms with Gasteiger partial charge in [-0.15, -0.1) is 0 Å². The zero-order chi connectivity index (χ0) is 12.0. The Morgan fingerprint density at radius 2 is 2.12 bits per heavy atom. The first-order chi connectivity index (χ1) is 7.63. The van der Waals surface area contributed by atoms with Crippen LogP contribution in [0.15, 0.2) is 18.2 Å². The van der Waals surface area contributed by atoms with Gasteiger partial charge in [0.15, 0.2) is 0 Å². The molecule has 0 radical (unpaired) electrons. The van der Waals surface area contributed by atoms with E-state index in [2.05, 4.69) is 0 Å². The quantitative estimate of drug-likeness (QED) is 0.464. The molecule has 0 aliphatic rings. The standard InChI is InChI=1S/C11H13ClO4/c1-8-7-9(12)3-4-10(8)16-11(13)15-6-5-14-2/h3-4,7H,5-6H2,1-2H3. The average molecular weight is 245 g/mol. The van der Waals surface area contributed by atoms with Crippen molar-refractivity contribution in [2.24, 2.45) is 0 Å². The number of halogens is 1. The van der Waals surface area contributed by atoms with E-state index in [1.54, 1.807) is 25.1 Å². The monoisotopic (exact) mass is 244 g/mol. The van der Waals surface area contributed by atoms with Gasteiger partial charge in [-0.1, -0.05) is 11.6 Å². The molecule has 0 bridgehead atoms. The smallest absolute Gasteiger partial charge is 0.432 e. The predicted octanol–water partition coefficient (Wildman–Crippen LogP) is 2.81. The van der Waals surface area contributed by atoms with Crippen LogP contribution < -0.4 is 4.74 Å². The number of carbonyl (C=O) groups is 1. The van der Waals surface area contributed by atoms with Crippen LogP contribution in [0.4, 0.5) is 4.79 Å². The van der Waals surface area contributed by atoms with E-state index in [4.69, 9.17) is 25.8 Å². The first kappa shape index (κ1) is 12.8. The molecule has 0 spiro atoms. The molecule has 16 heavy (non-hydrogen) atoms. The van der Waals surface area contributed by atoms with E-state index >= 15 is 0 Å². The lowest BCUT2D eigenvalue weighted by Gasteiger charge is -2.07. The number of benzene rings is 1. The molecule has 0 aromatic heterocycles. The van der Waals surface area contributed by atoms with Gasteiger partial charge in [-0.25, -0.2) is 4.79 Å². The van der Waals surface area contributed by atoms with Crippen LogP contribution in [0.25, 0.3) is 0 Å². The van der Waals surface area contributed by atoms with Gasteiger partial charge in [0.05, 0.1) is 6.61 Å². The first-order valence-electron chi connectivity index (χ1n) is 4.73. The van der Waals surface area contributed by atoms with Gasteiger partial charge in [0, 0.05) is 12.1 Å². The highest BCUT2D eigenvalue weighted by Gasteiger charge is 2.08. The molecular formula is C11H13ClO4. The van der Waals surface area contributed by atoms with E-state index in [0.29, 0.717) is 17.4 Å². The second-order valence-corrected chi connectivity index (χ2v) is 3.54. The van der Waals surface area contributed by atoms with Gasteiger partial charge in [-0.3, -0.25) is 0 Å². The van der Waals surface area contributed by atoms with Crippen molar-refractivity contribution < 1.29 is 19.0 Å². The zero-order valence-electron chi connectivity index (χ0n) is 9.16. The SMILES string of the molecule is COCCOC(=O)Oc1ccc(Cl)cc1C. The minimum Gasteiger partial charge on any atom is -0.432 e. The van der Waals surface area contributed by atoms with Crippen LogP contribution in [-0.2, 0) is 9.47 Å². The molecule has 0 aliphatic heterocycles. The molecular weight excluding hydrogens is 232 g/mol. The number of hydrogen-bond acceptors (Lipinski definition) is 4. The molecule has 5 heteroatoms. The van der Waals surface area contributed by atoms with Crippen molar-refractivity contribution in [2.45, 2.75) is 6.92 Å². The van der Waals surface area contributed by atoms with E-state index in [-0.39, 0.29) is 6.61 Å². The molecule has 88 valence electrons. The molecule has 1 aromatic carbocycles. The molecule has 4 nitrogen and oxygen atoms in total. The van der Waals surface area contributed by atoms with E-state index in [1.165, 1.54) is 7.11 Å². The number of rotatable bonds is 4. The maximum atomic E-state index is 11.2. The summed E-state index contributed by atoms with van der Waals surface area (Å²) in [6, 6.07) is 4.97. The maximum Gasteiger partial charge on any atom is 0.513 e. The third-order valence-corrected chi connectivity index (χ3v) is 2.07. The van der Waals surface area contributed by atoms with E-state index in [1.807, 2.05) is 0 Å². The lowest BCUT2D eigenvalue weighted by atomic mass is 10.2. The summed E-state index contributed by atoms with van der Waals surface area (Å²) in [5.41, 5.74) is 0.774. The third kappa shape index (κ3) is 4.08. The molecule has 0 amide bonds. The van der Waals surface area contributed by atoms with Gasteiger partial charge in [0.1, 0.15) is 12.4 Å². The number of methoxy groups -OCH3 is 1. The molecule has 0 aliphatic carbocycles. The van der Waals surface area contributed by atoms with Crippen molar-refractivity contribution in [3.05, 3.63) is 28.8 Å². The summed E-state index contributed by atoms with van der Waals surface area (Å²) >= 11 is 5.77. The molecule has 1 rings (SSSR count). The molecule has 0 saturated carbocycles. The first-order valence-corrected chi connectivity index (χ1v) is 5.11. The van der Waals surface area contributed by atoms with Crippen LogP contribution in [0, 0.1) is 6.92 Å². The van der Waals surface area contributed by atoms with E-state index < -0.39 is 6.16 Å². The van der Waals surface area contributed by atoms with Crippen LogP contribution >= 0.6 is 11.6 Å². The fourth-order valence-electron chi connectivity index (χ4n) is 1.05. The normalized spacial score (nSPS) is 9.94. The Kier molecular flexibility index (Phi) is 5.08. The highest BCUT2D eigenvalue weighted by molar-refractivity contribution is 6.30. The second kappa shape index (κ2) is 6.35. The van der Waals surface area contributed by atoms with Crippen molar-refractivity contribution in [3.63, 3.8) is 0 Å². The number of hydrogen-bond donors (Lipinski definition) is 0. The van der Waals surface area contributed by atoms with Crippen molar-refractivity contribution in [2.75, 3.05) is 20.3 Å². The zero-order valence-corrected chi connectivity index (χ0v) is 9.91. The van der Waals surface area contributed by atoms with E-state index in [0.717, 1.165) is 5.56 Å². The number of aryl methyl sites for hydroxylation is 1. The molecule has 0 heterocycles. The third-order valence-electron chi connectivity index (χ3n) is 1.84. The summed E-state index contributed by atoms with van der Waals surface area (Å²) in [5, 5.41) is 0.595.